The van der Waals surface area contributed by atoms with Crippen LogP contribution >= 0.6 is 0 Å². The van der Waals surface area contributed by atoms with Gasteiger partial charge in [-0.3, -0.25) is 4.79 Å². The Kier molecular flexibility index (Phi) is 6.80. The van der Waals surface area contributed by atoms with E-state index in [0.717, 1.165) is 25.7 Å². The van der Waals surface area contributed by atoms with Gasteiger partial charge in [0, 0.05) is 6.04 Å². The van der Waals surface area contributed by atoms with Gasteiger partial charge in [0.1, 0.15) is 5.25 Å². The Morgan fingerprint density at radius 3 is 2.50 bits per heavy atom. The van der Waals surface area contributed by atoms with Gasteiger partial charge in [0.2, 0.25) is 5.91 Å². The van der Waals surface area contributed by atoms with Crippen LogP contribution in [0.5, 0.6) is 11.5 Å². The van der Waals surface area contributed by atoms with Crippen molar-refractivity contribution in [2.45, 2.75) is 56.3 Å². The minimum absolute atomic E-state index is 0.000982. The van der Waals surface area contributed by atoms with Crippen LogP contribution in [0.2, 0.25) is 0 Å². The molecule has 1 aliphatic rings. The highest BCUT2D eigenvalue weighted by Crippen LogP contribution is 2.30. The molecule has 26 heavy (non-hydrogen) atoms. The molecule has 1 aliphatic carbocycles. The molecule has 1 aromatic rings. The minimum atomic E-state index is -3.77. The van der Waals surface area contributed by atoms with Crippen molar-refractivity contribution < 1.29 is 31.5 Å². The van der Waals surface area contributed by atoms with Crippen LogP contribution in [0, 0.1) is 0 Å². The van der Waals surface area contributed by atoms with Crippen molar-refractivity contribution in [1.82, 2.24) is 5.32 Å². The number of methoxy groups -OCH3 is 1. The van der Waals surface area contributed by atoms with E-state index in [1.807, 2.05) is 0 Å². The molecule has 0 saturated heterocycles. The third kappa shape index (κ3) is 5.30. The van der Waals surface area contributed by atoms with E-state index in [1.54, 1.807) is 0 Å². The molecule has 1 saturated carbocycles. The second-order valence-electron chi connectivity index (χ2n) is 6.30. The Balaban J connectivity index is 2.08. The zero-order valence-corrected chi connectivity index (χ0v) is 15.5. The summed E-state index contributed by atoms with van der Waals surface area (Å²) in [6, 6.07) is 3.93. The maximum atomic E-state index is 12.5. The number of hydrogen-bond donors (Lipinski definition) is 1. The summed E-state index contributed by atoms with van der Waals surface area (Å²) in [6.45, 7) is -1.66. The van der Waals surface area contributed by atoms with Gasteiger partial charge in [-0.2, -0.15) is 8.78 Å². The number of sulfone groups is 1. The lowest BCUT2D eigenvalue weighted by Gasteiger charge is -2.17. The lowest BCUT2D eigenvalue weighted by molar-refractivity contribution is -0.121. The standard InChI is InChI=1S/C17H23F2NO5S/c1-11(16(21)20-13-5-3-4-6-13)26(22,23)10-12-7-8-14(25-17(18)19)15(9-12)24-2/h7-9,11,13,17H,3-6,10H2,1-2H3,(H,20,21). The average Bonchev–Trinajstić information content (AvgIpc) is 3.07. The first-order chi connectivity index (χ1) is 12.2. The van der Waals surface area contributed by atoms with Gasteiger partial charge >= 0.3 is 6.61 Å². The third-order valence-corrected chi connectivity index (χ3v) is 6.45. The molecule has 0 spiro atoms. The summed E-state index contributed by atoms with van der Waals surface area (Å²) in [7, 11) is -2.50. The number of rotatable bonds is 8. The summed E-state index contributed by atoms with van der Waals surface area (Å²) in [4.78, 5) is 12.2. The number of halogens is 2. The van der Waals surface area contributed by atoms with Crippen LogP contribution in [-0.2, 0) is 20.4 Å². The Hall–Kier alpha value is -1.90. The van der Waals surface area contributed by atoms with Gasteiger partial charge < -0.3 is 14.8 Å². The molecular weight excluding hydrogens is 368 g/mol. The average molecular weight is 391 g/mol. The van der Waals surface area contributed by atoms with Crippen molar-refractivity contribution in [1.29, 1.82) is 0 Å². The smallest absolute Gasteiger partial charge is 0.387 e. The van der Waals surface area contributed by atoms with Crippen LogP contribution in [0.15, 0.2) is 18.2 Å². The second-order valence-corrected chi connectivity index (χ2v) is 8.62. The quantitative estimate of drug-likeness (QED) is 0.737. The maximum Gasteiger partial charge on any atom is 0.387 e. The lowest BCUT2D eigenvalue weighted by atomic mass is 10.2. The molecule has 1 fully saturated rings. The molecule has 2 rings (SSSR count). The summed E-state index contributed by atoms with van der Waals surface area (Å²) in [5.41, 5.74) is 0.323. The number of alkyl halides is 2. The fourth-order valence-electron chi connectivity index (χ4n) is 2.90. The highest BCUT2D eigenvalue weighted by Gasteiger charge is 2.30. The Morgan fingerprint density at radius 1 is 1.27 bits per heavy atom. The van der Waals surface area contributed by atoms with Gasteiger partial charge in [-0.15, -0.1) is 0 Å². The second kappa shape index (κ2) is 8.66. The van der Waals surface area contributed by atoms with Crippen LogP contribution in [0.1, 0.15) is 38.2 Å². The van der Waals surface area contributed by atoms with E-state index in [0.29, 0.717) is 5.56 Å². The SMILES string of the molecule is COc1cc(CS(=O)(=O)C(C)C(=O)NC2CCCC2)ccc1OC(F)F. The monoisotopic (exact) mass is 391 g/mol. The number of hydrogen-bond acceptors (Lipinski definition) is 5. The summed E-state index contributed by atoms with van der Waals surface area (Å²) in [6.07, 6.45) is 3.78. The first-order valence-electron chi connectivity index (χ1n) is 8.36. The first kappa shape index (κ1) is 20.4. The minimum Gasteiger partial charge on any atom is -0.493 e. The van der Waals surface area contributed by atoms with E-state index in [4.69, 9.17) is 4.74 Å². The van der Waals surface area contributed by atoms with Crippen LogP contribution in [-0.4, -0.2) is 39.3 Å². The van der Waals surface area contributed by atoms with Crippen LogP contribution < -0.4 is 14.8 Å². The fraction of sp³-hybridized carbons (Fsp3) is 0.588. The van der Waals surface area contributed by atoms with E-state index < -0.39 is 33.4 Å². The summed E-state index contributed by atoms with van der Waals surface area (Å²) < 4.78 is 59.0. The first-order valence-corrected chi connectivity index (χ1v) is 10.1. The Bertz CT molecular complexity index is 733. The summed E-state index contributed by atoms with van der Waals surface area (Å²) in [5.74, 6) is -1.10. The molecule has 0 heterocycles. The van der Waals surface area contributed by atoms with E-state index in [9.17, 15) is 22.0 Å². The number of carbonyl (C=O) groups excluding carboxylic acids is 1. The van der Waals surface area contributed by atoms with Gasteiger partial charge in [0.15, 0.2) is 21.3 Å². The molecule has 1 unspecified atom stereocenters. The van der Waals surface area contributed by atoms with Crippen molar-refractivity contribution in [3.63, 3.8) is 0 Å². The molecule has 0 radical (unpaired) electrons. The van der Waals surface area contributed by atoms with Crippen molar-refractivity contribution >= 4 is 15.7 Å². The van der Waals surface area contributed by atoms with Crippen LogP contribution in [0.3, 0.4) is 0 Å². The molecule has 1 amide bonds. The van der Waals surface area contributed by atoms with Gasteiger partial charge in [0.05, 0.1) is 12.9 Å². The van der Waals surface area contributed by atoms with Gasteiger partial charge in [-0.05, 0) is 37.5 Å². The van der Waals surface area contributed by atoms with Gasteiger partial charge in [-0.1, -0.05) is 18.9 Å². The maximum absolute atomic E-state index is 12.5. The normalized spacial score (nSPS) is 16.5. The molecule has 9 heteroatoms. The predicted molar refractivity (Wildman–Crippen MR) is 92.1 cm³/mol. The zero-order chi connectivity index (χ0) is 19.3. The number of nitrogens with one attached hydrogen (secondary N) is 1. The molecule has 1 aromatic carbocycles. The number of amides is 1. The number of ether oxygens (including phenoxy) is 2. The third-order valence-electron chi connectivity index (χ3n) is 4.42. The topological polar surface area (TPSA) is 81.7 Å². The highest BCUT2D eigenvalue weighted by atomic mass is 32.2. The van der Waals surface area contributed by atoms with Crippen molar-refractivity contribution in [3.8, 4) is 11.5 Å². The number of carbonyl (C=O) groups is 1. The van der Waals surface area contributed by atoms with Gasteiger partial charge in [0.25, 0.3) is 0 Å². The summed E-state index contributed by atoms with van der Waals surface area (Å²) in [5, 5.41) is 1.57. The molecule has 1 atom stereocenters. The molecule has 6 nitrogen and oxygen atoms in total. The molecular formula is C17H23F2NO5S. The molecule has 1 N–H and O–H groups in total. The molecule has 0 bridgehead atoms. The molecule has 146 valence electrons. The van der Waals surface area contributed by atoms with Crippen LogP contribution in [0.25, 0.3) is 0 Å². The largest absolute Gasteiger partial charge is 0.493 e. The van der Waals surface area contributed by atoms with Crippen LogP contribution in [0.4, 0.5) is 8.78 Å². The summed E-state index contributed by atoms with van der Waals surface area (Å²) >= 11 is 0. The highest BCUT2D eigenvalue weighted by molar-refractivity contribution is 7.92. The fourth-order valence-corrected chi connectivity index (χ4v) is 4.19. The van der Waals surface area contributed by atoms with Gasteiger partial charge in [-0.25, -0.2) is 8.42 Å². The molecule has 0 aromatic heterocycles. The van der Waals surface area contributed by atoms with E-state index in [2.05, 4.69) is 10.1 Å². The van der Waals surface area contributed by atoms with Crippen molar-refractivity contribution in [2.75, 3.05) is 7.11 Å². The van der Waals surface area contributed by atoms with Crippen molar-refractivity contribution in [2.24, 2.45) is 0 Å². The lowest BCUT2D eigenvalue weighted by Crippen LogP contribution is -2.42. The predicted octanol–water partition coefficient (Wildman–Crippen LogP) is 2.66. The zero-order valence-electron chi connectivity index (χ0n) is 14.7. The van der Waals surface area contributed by atoms with Crippen molar-refractivity contribution in [3.05, 3.63) is 23.8 Å². The van der Waals surface area contributed by atoms with E-state index in [-0.39, 0.29) is 17.5 Å². The molecule has 0 aliphatic heterocycles. The number of benzene rings is 1. The Labute approximate surface area is 151 Å². The van der Waals surface area contributed by atoms with E-state index >= 15 is 0 Å². The van der Waals surface area contributed by atoms with E-state index in [1.165, 1.54) is 32.2 Å². The Morgan fingerprint density at radius 2 is 1.92 bits per heavy atom.